The summed E-state index contributed by atoms with van der Waals surface area (Å²) in [5.41, 5.74) is 0.507. The Morgan fingerprint density at radius 3 is 2.89 bits per heavy atom. The zero-order valence-electron chi connectivity index (χ0n) is 10.6. The molecule has 6 heteroatoms. The summed E-state index contributed by atoms with van der Waals surface area (Å²) >= 11 is 5.73. The highest BCUT2D eigenvalue weighted by atomic mass is 35.5. The molecule has 1 N–H and O–H groups in total. The van der Waals surface area contributed by atoms with E-state index in [4.69, 9.17) is 16.3 Å². The van der Waals surface area contributed by atoms with Crippen molar-refractivity contribution >= 4 is 11.6 Å². The van der Waals surface area contributed by atoms with E-state index in [1.54, 1.807) is 10.7 Å². The van der Waals surface area contributed by atoms with E-state index in [1.807, 2.05) is 6.92 Å². The summed E-state index contributed by atoms with van der Waals surface area (Å²) < 4.78 is 20.7. The summed E-state index contributed by atoms with van der Waals surface area (Å²) in [6.45, 7) is 2.41. The molecule has 1 aromatic heterocycles. The minimum Gasteiger partial charge on any atom is -0.493 e. The third-order valence-corrected chi connectivity index (χ3v) is 3.19. The van der Waals surface area contributed by atoms with Gasteiger partial charge in [0.2, 0.25) is 0 Å². The summed E-state index contributed by atoms with van der Waals surface area (Å²) in [7, 11) is 1.47. The lowest BCUT2D eigenvalue weighted by Crippen LogP contribution is -2.11. The molecule has 0 amide bonds. The van der Waals surface area contributed by atoms with Crippen LogP contribution in [0.1, 0.15) is 24.3 Å². The van der Waals surface area contributed by atoms with Crippen molar-refractivity contribution in [2.24, 2.45) is 0 Å². The number of aliphatic hydroxyl groups excluding tert-OH is 1. The maximum atomic E-state index is 14.0. The largest absolute Gasteiger partial charge is 0.493 e. The Labute approximate surface area is 115 Å². The third-order valence-electron chi connectivity index (χ3n) is 2.90. The van der Waals surface area contributed by atoms with Gasteiger partial charge in [0.1, 0.15) is 17.6 Å². The Morgan fingerprint density at radius 1 is 1.53 bits per heavy atom. The highest BCUT2D eigenvalue weighted by molar-refractivity contribution is 6.30. The minimum atomic E-state index is -1.18. The smallest absolute Gasteiger partial charge is 0.163 e. The summed E-state index contributed by atoms with van der Waals surface area (Å²) in [6.07, 6.45) is 0.306. The first-order valence-corrected chi connectivity index (χ1v) is 6.19. The van der Waals surface area contributed by atoms with E-state index in [1.165, 1.54) is 25.4 Å². The number of aromatic nitrogens is 2. The van der Waals surface area contributed by atoms with Crippen molar-refractivity contribution in [3.8, 4) is 5.75 Å². The van der Waals surface area contributed by atoms with Crippen molar-refractivity contribution in [2.75, 3.05) is 7.11 Å². The molecule has 1 atom stereocenters. The summed E-state index contributed by atoms with van der Waals surface area (Å²) in [5, 5.41) is 14.4. The van der Waals surface area contributed by atoms with Gasteiger partial charge in [0.15, 0.2) is 5.75 Å². The number of hydrogen-bond donors (Lipinski definition) is 1. The molecule has 0 radical (unpaired) electrons. The quantitative estimate of drug-likeness (QED) is 0.939. The molecule has 2 rings (SSSR count). The number of hydrogen-bond acceptors (Lipinski definition) is 3. The minimum absolute atomic E-state index is 0.0296. The number of methoxy groups -OCH3 is 1. The molecule has 0 aliphatic rings. The van der Waals surface area contributed by atoms with E-state index in [2.05, 4.69) is 5.10 Å². The van der Waals surface area contributed by atoms with Crippen molar-refractivity contribution in [2.45, 2.75) is 19.6 Å². The predicted molar refractivity (Wildman–Crippen MR) is 69.9 cm³/mol. The first kappa shape index (κ1) is 13.8. The van der Waals surface area contributed by atoms with Crippen LogP contribution in [-0.2, 0) is 6.54 Å². The average molecular weight is 285 g/mol. The molecule has 0 bridgehead atoms. The van der Waals surface area contributed by atoms with Gasteiger partial charge in [-0.2, -0.15) is 5.10 Å². The fourth-order valence-electron chi connectivity index (χ4n) is 1.94. The van der Waals surface area contributed by atoms with Crippen LogP contribution in [-0.4, -0.2) is 22.0 Å². The van der Waals surface area contributed by atoms with Crippen LogP contribution in [0.5, 0.6) is 5.75 Å². The number of rotatable bonds is 4. The zero-order chi connectivity index (χ0) is 14.0. The molecular formula is C13H14ClFN2O2. The van der Waals surface area contributed by atoms with Crippen LogP contribution in [0.3, 0.4) is 0 Å². The van der Waals surface area contributed by atoms with Crippen LogP contribution in [0.15, 0.2) is 24.4 Å². The topological polar surface area (TPSA) is 47.3 Å². The standard InChI is InChI=1S/C13H14ClFN2O2/c1-3-17-12(10(19-2)7-16-17)13(18)8-5-4-6-9(14)11(8)15/h4-7,13,18H,3H2,1-2H3. The number of ether oxygens (including phenoxy) is 1. The normalized spacial score (nSPS) is 12.5. The summed E-state index contributed by atoms with van der Waals surface area (Å²) in [6, 6.07) is 4.50. The van der Waals surface area contributed by atoms with Crippen molar-refractivity contribution in [3.05, 3.63) is 46.5 Å². The Balaban J connectivity index is 2.52. The van der Waals surface area contributed by atoms with E-state index in [9.17, 15) is 9.50 Å². The average Bonchev–Trinajstić information content (AvgIpc) is 2.84. The van der Waals surface area contributed by atoms with Gasteiger partial charge >= 0.3 is 0 Å². The molecule has 4 nitrogen and oxygen atoms in total. The lowest BCUT2D eigenvalue weighted by atomic mass is 10.1. The number of benzene rings is 1. The maximum Gasteiger partial charge on any atom is 0.163 e. The van der Waals surface area contributed by atoms with Crippen LogP contribution < -0.4 is 4.74 Å². The lowest BCUT2D eigenvalue weighted by molar-refractivity contribution is 0.198. The van der Waals surface area contributed by atoms with Crippen molar-refractivity contribution in [3.63, 3.8) is 0 Å². The van der Waals surface area contributed by atoms with Gasteiger partial charge in [0, 0.05) is 12.1 Å². The van der Waals surface area contributed by atoms with Crippen LogP contribution in [0.25, 0.3) is 0 Å². The molecule has 1 heterocycles. The molecular weight excluding hydrogens is 271 g/mol. The second kappa shape index (κ2) is 5.59. The Morgan fingerprint density at radius 2 is 2.26 bits per heavy atom. The van der Waals surface area contributed by atoms with Gasteiger partial charge in [0.25, 0.3) is 0 Å². The van der Waals surface area contributed by atoms with Gasteiger partial charge in [-0.1, -0.05) is 23.7 Å². The van der Waals surface area contributed by atoms with Gasteiger partial charge in [-0.15, -0.1) is 0 Å². The van der Waals surface area contributed by atoms with Gasteiger partial charge in [-0.3, -0.25) is 4.68 Å². The molecule has 0 aliphatic carbocycles. The first-order valence-electron chi connectivity index (χ1n) is 5.81. The lowest BCUT2D eigenvalue weighted by Gasteiger charge is -2.15. The van der Waals surface area contributed by atoms with E-state index < -0.39 is 11.9 Å². The van der Waals surface area contributed by atoms with Crippen LogP contribution in [0, 0.1) is 5.82 Å². The zero-order valence-corrected chi connectivity index (χ0v) is 11.4. The predicted octanol–water partition coefficient (Wildman–Crippen LogP) is 2.79. The van der Waals surface area contributed by atoms with Crippen LogP contribution >= 0.6 is 11.6 Å². The maximum absolute atomic E-state index is 14.0. The van der Waals surface area contributed by atoms with E-state index in [-0.39, 0.29) is 10.6 Å². The van der Waals surface area contributed by atoms with Gasteiger partial charge in [0.05, 0.1) is 18.3 Å². The Hall–Kier alpha value is -1.59. The highest BCUT2D eigenvalue weighted by Gasteiger charge is 2.24. The molecule has 1 aromatic carbocycles. The van der Waals surface area contributed by atoms with E-state index in [0.717, 1.165) is 0 Å². The number of aliphatic hydroxyl groups is 1. The molecule has 0 saturated carbocycles. The fraction of sp³-hybridized carbons (Fsp3) is 0.308. The Bertz CT molecular complexity index is 565. The molecule has 19 heavy (non-hydrogen) atoms. The molecule has 0 spiro atoms. The molecule has 0 saturated heterocycles. The van der Waals surface area contributed by atoms with Crippen molar-refractivity contribution < 1.29 is 14.2 Å². The SMILES string of the molecule is CCn1ncc(OC)c1C(O)c1cccc(Cl)c1F. The van der Waals surface area contributed by atoms with E-state index in [0.29, 0.717) is 18.0 Å². The number of aryl methyl sites for hydroxylation is 1. The summed E-state index contributed by atoms with van der Waals surface area (Å²) in [4.78, 5) is 0. The first-order chi connectivity index (χ1) is 9.10. The van der Waals surface area contributed by atoms with Gasteiger partial charge < -0.3 is 9.84 Å². The number of halogens is 2. The second-order valence-corrected chi connectivity index (χ2v) is 4.37. The van der Waals surface area contributed by atoms with Crippen LogP contribution in [0.2, 0.25) is 5.02 Å². The molecule has 0 aliphatic heterocycles. The Kier molecular flexibility index (Phi) is 4.07. The van der Waals surface area contributed by atoms with E-state index >= 15 is 0 Å². The molecule has 102 valence electrons. The molecule has 0 fully saturated rings. The molecule has 2 aromatic rings. The van der Waals surface area contributed by atoms with Crippen molar-refractivity contribution in [1.29, 1.82) is 0 Å². The monoisotopic (exact) mass is 284 g/mol. The van der Waals surface area contributed by atoms with Crippen LogP contribution in [0.4, 0.5) is 4.39 Å². The molecule has 1 unspecified atom stereocenters. The fourth-order valence-corrected chi connectivity index (χ4v) is 2.12. The van der Waals surface area contributed by atoms with Gasteiger partial charge in [-0.05, 0) is 13.0 Å². The second-order valence-electron chi connectivity index (χ2n) is 3.96. The highest BCUT2D eigenvalue weighted by Crippen LogP contribution is 2.32. The van der Waals surface area contributed by atoms with Gasteiger partial charge in [-0.25, -0.2) is 4.39 Å². The number of nitrogens with zero attached hydrogens (tertiary/aromatic N) is 2. The third kappa shape index (κ3) is 2.43. The summed E-state index contributed by atoms with van der Waals surface area (Å²) in [5.74, 6) is -0.226. The van der Waals surface area contributed by atoms with Crippen molar-refractivity contribution in [1.82, 2.24) is 9.78 Å².